The van der Waals surface area contributed by atoms with Gasteiger partial charge in [-0.15, -0.1) is 0 Å². The summed E-state index contributed by atoms with van der Waals surface area (Å²) in [7, 11) is 0. The first-order chi connectivity index (χ1) is 4.30. The molecule has 9 heavy (non-hydrogen) atoms. The molecule has 1 heterocycles. The highest BCUT2D eigenvalue weighted by Crippen LogP contribution is 1.92. The molecule has 0 fully saturated rings. The second-order valence-corrected chi connectivity index (χ2v) is 2.05. The van der Waals surface area contributed by atoms with Gasteiger partial charge in [0.05, 0.1) is 0 Å². The van der Waals surface area contributed by atoms with Crippen LogP contribution in [0.25, 0.3) is 0 Å². The third kappa shape index (κ3) is 1.47. The molecule has 0 aliphatic carbocycles. The van der Waals surface area contributed by atoms with Gasteiger partial charge in [-0.25, -0.2) is 0 Å². The Kier molecular flexibility index (Phi) is 1.75. The molecule has 3 heteroatoms. The smallest absolute Gasteiger partial charge is 0.105 e. The van der Waals surface area contributed by atoms with E-state index in [1.165, 1.54) is 0 Å². The van der Waals surface area contributed by atoms with E-state index in [9.17, 15) is 0 Å². The van der Waals surface area contributed by atoms with Crippen LogP contribution in [0.5, 0.6) is 0 Å². The van der Waals surface area contributed by atoms with E-state index in [0.29, 0.717) is 4.99 Å². The summed E-state index contributed by atoms with van der Waals surface area (Å²) in [5.74, 6) is 0. The Bertz CT molecular complexity index is 208. The van der Waals surface area contributed by atoms with E-state index in [1.807, 2.05) is 6.07 Å². The monoisotopic (exact) mass is 138 g/mol. The van der Waals surface area contributed by atoms with Crippen LogP contribution >= 0.6 is 12.2 Å². The molecule has 1 rings (SSSR count). The Morgan fingerprint density at radius 3 is 2.78 bits per heavy atom. The highest BCUT2D eigenvalue weighted by Gasteiger charge is 1.90. The van der Waals surface area contributed by atoms with Crippen LogP contribution in [-0.2, 0) is 0 Å². The van der Waals surface area contributed by atoms with Crippen molar-refractivity contribution in [2.75, 3.05) is 0 Å². The van der Waals surface area contributed by atoms with Crippen LogP contribution in [-0.4, -0.2) is 9.97 Å². The highest BCUT2D eigenvalue weighted by atomic mass is 32.1. The van der Waals surface area contributed by atoms with Gasteiger partial charge >= 0.3 is 0 Å². The molecule has 0 aliphatic heterocycles. The number of nitrogens with zero attached hydrogens (tertiary/aromatic N) is 1. The second kappa shape index (κ2) is 2.55. The minimum Gasteiger partial charge on any atom is -0.389 e. The minimum atomic E-state index is 0.392. The first kappa shape index (κ1) is 6.16. The lowest BCUT2D eigenvalue weighted by atomic mass is 10.3. The first-order valence-electron chi connectivity index (χ1n) is 2.50. The number of hydrogen-bond acceptors (Lipinski definition) is 2. The van der Waals surface area contributed by atoms with Gasteiger partial charge < -0.3 is 5.73 Å². The van der Waals surface area contributed by atoms with Crippen molar-refractivity contribution in [3.05, 3.63) is 30.1 Å². The van der Waals surface area contributed by atoms with Gasteiger partial charge in [0, 0.05) is 18.0 Å². The largest absolute Gasteiger partial charge is 0.389 e. The van der Waals surface area contributed by atoms with Crippen molar-refractivity contribution in [2.24, 2.45) is 5.73 Å². The molecule has 0 saturated carbocycles. The van der Waals surface area contributed by atoms with Crippen molar-refractivity contribution in [3.63, 3.8) is 0 Å². The molecule has 2 N–H and O–H groups in total. The fourth-order valence-corrected chi connectivity index (χ4v) is 0.629. The highest BCUT2D eigenvalue weighted by molar-refractivity contribution is 7.80. The summed E-state index contributed by atoms with van der Waals surface area (Å²) in [5, 5.41) is 0. The Morgan fingerprint density at radius 1 is 1.67 bits per heavy atom. The van der Waals surface area contributed by atoms with Gasteiger partial charge in [-0.3, -0.25) is 4.98 Å². The van der Waals surface area contributed by atoms with Crippen molar-refractivity contribution in [1.82, 2.24) is 4.98 Å². The van der Waals surface area contributed by atoms with Gasteiger partial charge in [0.25, 0.3) is 0 Å². The van der Waals surface area contributed by atoms with E-state index >= 15 is 0 Å². The molecule has 46 valence electrons. The molecule has 0 aliphatic rings. The Balaban J connectivity index is 2.98. The number of nitrogens with two attached hydrogens (primary N) is 1. The molecule has 0 spiro atoms. The van der Waals surface area contributed by atoms with Gasteiger partial charge in [-0.2, -0.15) is 0 Å². The topological polar surface area (TPSA) is 38.9 Å². The van der Waals surface area contributed by atoms with Gasteiger partial charge in [-0.1, -0.05) is 12.2 Å². The van der Waals surface area contributed by atoms with Gasteiger partial charge in [0.2, 0.25) is 0 Å². The summed E-state index contributed by atoms with van der Waals surface area (Å²) >= 11 is 4.70. The van der Waals surface area contributed by atoms with Crippen LogP contribution in [0, 0.1) is 0 Å². The molecule has 0 bridgehead atoms. The second-order valence-electron chi connectivity index (χ2n) is 1.61. The molecule has 1 aromatic heterocycles. The molecule has 0 radical (unpaired) electrons. The van der Waals surface area contributed by atoms with Crippen LogP contribution < -0.4 is 5.73 Å². The third-order valence-corrected chi connectivity index (χ3v) is 1.18. The van der Waals surface area contributed by atoms with E-state index in [2.05, 4.69) is 4.98 Å². The zero-order valence-electron chi connectivity index (χ0n) is 4.74. The number of pyridine rings is 1. The average molecular weight is 138 g/mol. The molecule has 1 aromatic rings. The zero-order valence-corrected chi connectivity index (χ0v) is 5.56. The predicted molar refractivity (Wildman–Crippen MR) is 40.1 cm³/mol. The lowest BCUT2D eigenvalue weighted by molar-refractivity contribution is 1.32. The van der Waals surface area contributed by atoms with Gasteiger partial charge in [0.1, 0.15) is 4.99 Å². The molecule has 0 aromatic carbocycles. The van der Waals surface area contributed by atoms with Crippen molar-refractivity contribution in [3.8, 4) is 0 Å². The van der Waals surface area contributed by atoms with E-state index < -0.39 is 0 Å². The third-order valence-electron chi connectivity index (χ3n) is 0.946. The summed E-state index contributed by atoms with van der Waals surface area (Å²) < 4.78 is 0. The molecular formula is C6H6N2S. The molecular weight excluding hydrogens is 132 g/mol. The number of aromatic nitrogens is 1. The van der Waals surface area contributed by atoms with Crippen molar-refractivity contribution in [1.29, 1.82) is 0 Å². The van der Waals surface area contributed by atoms with Crippen molar-refractivity contribution in [2.45, 2.75) is 0 Å². The van der Waals surface area contributed by atoms with Crippen LogP contribution in [0.15, 0.2) is 24.5 Å². The normalized spacial score (nSPS) is 8.89. The van der Waals surface area contributed by atoms with E-state index in [0.717, 1.165) is 5.56 Å². The summed E-state index contributed by atoms with van der Waals surface area (Å²) in [6, 6.07) is 3.63. The first-order valence-corrected chi connectivity index (χ1v) is 2.91. The fourth-order valence-electron chi connectivity index (χ4n) is 0.509. The summed E-state index contributed by atoms with van der Waals surface area (Å²) in [6.07, 6.45) is 3.32. The SMILES string of the molecule is NC(=S)c1cccnc1. The van der Waals surface area contributed by atoms with E-state index in [4.69, 9.17) is 18.0 Å². The standard InChI is InChI=1S/C6H6N2S/c7-6(9)5-2-1-3-8-4-5/h1-4H,(H2,7,9). The summed E-state index contributed by atoms with van der Waals surface area (Å²) in [5.41, 5.74) is 6.12. The van der Waals surface area contributed by atoms with Crippen LogP contribution in [0.1, 0.15) is 5.56 Å². The molecule has 0 unspecified atom stereocenters. The quantitative estimate of drug-likeness (QED) is 0.581. The lowest BCUT2D eigenvalue weighted by Gasteiger charge is -1.92. The Labute approximate surface area is 58.7 Å². The summed E-state index contributed by atoms with van der Waals surface area (Å²) in [6.45, 7) is 0. The summed E-state index contributed by atoms with van der Waals surface area (Å²) in [4.78, 5) is 4.23. The number of thiocarbonyl (C=S) groups is 1. The zero-order chi connectivity index (χ0) is 6.69. The number of hydrogen-bond donors (Lipinski definition) is 1. The minimum absolute atomic E-state index is 0.392. The maximum atomic E-state index is 5.31. The molecule has 0 amide bonds. The van der Waals surface area contributed by atoms with Crippen LogP contribution in [0.3, 0.4) is 0 Å². The molecule has 0 atom stereocenters. The van der Waals surface area contributed by atoms with Crippen LogP contribution in [0.2, 0.25) is 0 Å². The van der Waals surface area contributed by atoms with Gasteiger partial charge in [0.15, 0.2) is 0 Å². The predicted octanol–water partition coefficient (Wildman–Crippen LogP) is 0.716. The average Bonchev–Trinajstić information content (AvgIpc) is 1.90. The van der Waals surface area contributed by atoms with E-state index in [1.54, 1.807) is 18.5 Å². The van der Waals surface area contributed by atoms with Crippen molar-refractivity contribution < 1.29 is 0 Å². The van der Waals surface area contributed by atoms with Gasteiger partial charge in [-0.05, 0) is 12.1 Å². The maximum Gasteiger partial charge on any atom is 0.105 e. The van der Waals surface area contributed by atoms with E-state index in [-0.39, 0.29) is 0 Å². The molecule has 2 nitrogen and oxygen atoms in total. The maximum absolute atomic E-state index is 5.31. The number of rotatable bonds is 1. The lowest BCUT2D eigenvalue weighted by Crippen LogP contribution is -2.08. The molecule has 0 saturated heterocycles. The Hall–Kier alpha value is -0.960. The fraction of sp³-hybridized carbons (Fsp3) is 0. The van der Waals surface area contributed by atoms with Crippen molar-refractivity contribution >= 4 is 17.2 Å². The Morgan fingerprint density at radius 2 is 2.44 bits per heavy atom. The van der Waals surface area contributed by atoms with Crippen LogP contribution in [0.4, 0.5) is 0 Å².